The molecule has 0 aliphatic heterocycles. The average Bonchev–Trinajstić information content (AvgIpc) is 1.85. The highest BCUT2D eigenvalue weighted by Gasteiger charge is 2.04. The fourth-order valence-corrected chi connectivity index (χ4v) is 0.592. The molecular formula is C5H5N3O3. The topological polar surface area (TPSA) is 109 Å². The number of nitrogen functional groups attached to an aromatic ring is 1. The fraction of sp³-hybridized carbons (Fsp3) is 0. The van der Waals surface area contributed by atoms with E-state index < -0.39 is 11.5 Å². The number of aromatic nitrogens is 2. The van der Waals surface area contributed by atoms with Gasteiger partial charge in [-0.1, -0.05) is 0 Å². The van der Waals surface area contributed by atoms with Gasteiger partial charge in [-0.2, -0.15) is 4.98 Å². The second-order valence-electron chi connectivity index (χ2n) is 1.82. The summed E-state index contributed by atoms with van der Waals surface area (Å²) in [5.41, 5.74) is 4.14. The van der Waals surface area contributed by atoms with Crippen LogP contribution in [0.3, 0.4) is 0 Å². The van der Waals surface area contributed by atoms with Gasteiger partial charge in [-0.15, -0.1) is 0 Å². The first-order valence-corrected chi connectivity index (χ1v) is 2.70. The van der Waals surface area contributed by atoms with Gasteiger partial charge in [0.05, 0.1) is 0 Å². The van der Waals surface area contributed by atoms with Crippen molar-refractivity contribution < 1.29 is 9.90 Å². The maximum Gasteiger partial charge on any atom is 0.352 e. The average molecular weight is 155 g/mol. The molecule has 0 saturated heterocycles. The van der Waals surface area contributed by atoms with Crippen LogP contribution in [0.5, 0.6) is 0 Å². The van der Waals surface area contributed by atoms with Crippen LogP contribution in [-0.2, 0) is 0 Å². The molecule has 6 nitrogen and oxygen atoms in total. The Kier molecular flexibility index (Phi) is 1.59. The molecule has 0 atom stereocenters. The third-order valence-corrected chi connectivity index (χ3v) is 0.992. The Morgan fingerprint density at radius 1 is 1.73 bits per heavy atom. The second-order valence-corrected chi connectivity index (χ2v) is 1.82. The normalized spacial score (nSPS) is 9.45. The highest BCUT2D eigenvalue weighted by molar-refractivity contribution is 5.85. The molecule has 11 heavy (non-hydrogen) atoms. The fourth-order valence-electron chi connectivity index (χ4n) is 0.592. The molecule has 0 aliphatic carbocycles. The maximum atomic E-state index is 10.5. The number of rotatable bonds is 1. The van der Waals surface area contributed by atoms with E-state index in [4.69, 9.17) is 10.8 Å². The van der Waals surface area contributed by atoms with E-state index in [-0.39, 0.29) is 11.6 Å². The minimum absolute atomic E-state index is 0.199. The van der Waals surface area contributed by atoms with Gasteiger partial charge in [-0.05, 0) is 0 Å². The van der Waals surface area contributed by atoms with Crippen molar-refractivity contribution in [2.45, 2.75) is 0 Å². The number of aromatic amines is 1. The van der Waals surface area contributed by atoms with Crippen LogP contribution in [0.2, 0.25) is 0 Å². The van der Waals surface area contributed by atoms with Gasteiger partial charge < -0.3 is 15.8 Å². The summed E-state index contributed by atoms with van der Waals surface area (Å²) in [4.78, 5) is 26.2. The molecule has 1 aromatic heterocycles. The van der Waals surface area contributed by atoms with Crippen LogP contribution in [0, 0.1) is 0 Å². The zero-order valence-electron chi connectivity index (χ0n) is 5.37. The molecule has 6 heteroatoms. The third-order valence-electron chi connectivity index (χ3n) is 0.992. The number of carboxylic acid groups (broad SMARTS) is 1. The zero-order valence-corrected chi connectivity index (χ0v) is 5.37. The predicted octanol–water partition coefficient (Wildman–Crippen LogP) is -0.950. The van der Waals surface area contributed by atoms with Gasteiger partial charge in [-0.3, -0.25) is 4.79 Å². The van der Waals surface area contributed by atoms with E-state index in [0.29, 0.717) is 0 Å². The molecule has 0 unspecified atom stereocenters. The monoisotopic (exact) mass is 155 g/mol. The molecule has 58 valence electrons. The molecule has 4 N–H and O–H groups in total. The largest absolute Gasteiger partial charge is 0.477 e. The number of carbonyl (C=O) groups is 1. The van der Waals surface area contributed by atoms with E-state index in [1.165, 1.54) is 0 Å². The molecular weight excluding hydrogens is 150 g/mol. The van der Waals surface area contributed by atoms with Gasteiger partial charge in [0.1, 0.15) is 5.69 Å². The Bertz CT molecular complexity index is 343. The summed E-state index contributed by atoms with van der Waals surface area (Å²) >= 11 is 0. The summed E-state index contributed by atoms with van der Waals surface area (Å²) in [6, 6.07) is 0.860. The quantitative estimate of drug-likeness (QED) is 0.484. The minimum Gasteiger partial charge on any atom is -0.477 e. The summed E-state index contributed by atoms with van der Waals surface area (Å²) in [7, 11) is 0. The van der Waals surface area contributed by atoms with Gasteiger partial charge in [-0.25, -0.2) is 4.79 Å². The van der Waals surface area contributed by atoms with E-state index >= 15 is 0 Å². The highest BCUT2D eigenvalue weighted by atomic mass is 16.4. The molecule has 0 spiro atoms. The lowest BCUT2D eigenvalue weighted by Gasteiger charge is -1.94. The van der Waals surface area contributed by atoms with Crippen molar-refractivity contribution >= 4 is 11.9 Å². The lowest BCUT2D eigenvalue weighted by Crippen LogP contribution is -2.14. The van der Waals surface area contributed by atoms with Crippen LogP contribution in [0.1, 0.15) is 10.5 Å². The van der Waals surface area contributed by atoms with Gasteiger partial charge in [0.2, 0.25) is 5.95 Å². The van der Waals surface area contributed by atoms with E-state index in [1.54, 1.807) is 0 Å². The van der Waals surface area contributed by atoms with Crippen LogP contribution >= 0.6 is 0 Å². The number of hydrogen-bond donors (Lipinski definition) is 3. The Morgan fingerprint density at radius 3 is 2.82 bits per heavy atom. The molecule has 1 rings (SSSR count). The van der Waals surface area contributed by atoms with E-state index in [9.17, 15) is 9.59 Å². The number of nitrogens with two attached hydrogens (primary N) is 1. The lowest BCUT2D eigenvalue weighted by molar-refractivity contribution is 0.0690. The van der Waals surface area contributed by atoms with Gasteiger partial charge >= 0.3 is 5.97 Å². The van der Waals surface area contributed by atoms with Crippen molar-refractivity contribution in [2.75, 3.05) is 5.73 Å². The molecule has 0 aliphatic rings. The second kappa shape index (κ2) is 2.41. The van der Waals surface area contributed by atoms with Crippen LogP contribution in [-0.4, -0.2) is 21.0 Å². The number of nitrogens with one attached hydrogen (secondary N) is 1. The minimum atomic E-state index is -1.24. The van der Waals surface area contributed by atoms with E-state index in [1.807, 2.05) is 0 Å². The number of aromatic carboxylic acids is 1. The molecule has 0 saturated carbocycles. The summed E-state index contributed by atoms with van der Waals surface area (Å²) in [6.45, 7) is 0. The van der Waals surface area contributed by atoms with Crippen LogP contribution < -0.4 is 11.3 Å². The summed E-state index contributed by atoms with van der Waals surface area (Å²) in [5.74, 6) is -1.44. The Morgan fingerprint density at radius 2 is 2.36 bits per heavy atom. The standard InChI is InChI=1S/C5H5N3O3/c6-5-7-2(4(10)11)1-3(9)8-5/h1H,(H,10,11)(H3,6,7,8,9). The Labute approximate surface area is 60.7 Å². The molecule has 1 heterocycles. The van der Waals surface area contributed by atoms with Gasteiger partial charge in [0.15, 0.2) is 0 Å². The first-order valence-electron chi connectivity index (χ1n) is 2.70. The van der Waals surface area contributed by atoms with Crippen molar-refractivity contribution in [3.63, 3.8) is 0 Å². The molecule has 0 aromatic carbocycles. The Balaban J connectivity index is 3.30. The van der Waals surface area contributed by atoms with Crippen LogP contribution in [0.4, 0.5) is 5.95 Å². The number of anilines is 1. The van der Waals surface area contributed by atoms with Crippen molar-refractivity contribution in [1.82, 2.24) is 9.97 Å². The summed E-state index contributed by atoms with van der Waals surface area (Å²) < 4.78 is 0. The lowest BCUT2D eigenvalue weighted by atomic mass is 10.4. The molecule has 0 fully saturated rings. The van der Waals surface area contributed by atoms with Crippen LogP contribution in [0.25, 0.3) is 0 Å². The molecule has 1 aromatic rings. The number of hydrogen-bond acceptors (Lipinski definition) is 4. The number of carboxylic acids is 1. The smallest absolute Gasteiger partial charge is 0.352 e. The Hall–Kier alpha value is -1.85. The van der Waals surface area contributed by atoms with Gasteiger partial charge in [0.25, 0.3) is 5.56 Å². The van der Waals surface area contributed by atoms with Crippen molar-refractivity contribution in [2.24, 2.45) is 0 Å². The summed E-state index contributed by atoms with van der Waals surface area (Å²) in [6.07, 6.45) is 0. The number of nitrogens with zero attached hydrogens (tertiary/aromatic N) is 1. The summed E-state index contributed by atoms with van der Waals surface area (Å²) in [5, 5.41) is 8.38. The highest BCUT2D eigenvalue weighted by Crippen LogP contribution is 1.90. The van der Waals surface area contributed by atoms with E-state index in [0.717, 1.165) is 6.07 Å². The van der Waals surface area contributed by atoms with Crippen molar-refractivity contribution in [3.8, 4) is 0 Å². The van der Waals surface area contributed by atoms with Gasteiger partial charge in [0, 0.05) is 6.07 Å². The first-order chi connectivity index (χ1) is 5.09. The number of H-pyrrole nitrogens is 1. The van der Waals surface area contributed by atoms with Crippen LogP contribution in [0.15, 0.2) is 10.9 Å². The third kappa shape index (κ3) is 1.54. The zero-order chi connectivity index (χ0) is 8.43. The van der Waals surface area contributed by atoms with Crippen molar-refractivity contribution in [3.05, 3.63) is 22.1 Å². The predicted molar refractivity (Wildman–Crippen MR) is 36.2 cm³/mol. The van der Waals surface area contributed by atoms with E-state index in [2.05, 4.69) is 9.97 Å². The molecule has 0 bridgehead atoms. The SMILES string of the molecule is Nc1nc(=O)cc(C(=O)O)[nH]1. The molecule has 0 radical (unpaired) electrons. The van der Waals surface area contributed by atoms with Crippen molar-refractivity contribution in [1.29, 1.82) is 0 Å². The molecule has 0 amide bonds. The maximum absolute atomic E-state index is 10.5. The first kappa shape index (κ1) is 7.26.